The molecule has 34 heavy (non-hydrogen) atoms. The number of anilines is 2. The number of imidazole rings is 1. The van der Waals surface area contributed by atoms with Crippen molar-refractivity contribution in [2.75, 3.05) is 12.4 Å². The Morgan fingerprint density at radius 3 is 2.47 bits per heavy atom. The number of halogens is 3. The van der Waals surface area contributed by atoms with Gasteiger partial charge in [0, 0.05) is 11.7 Å². The van der Waals surface area contributed by atoms with Gasteiger partial charge in [0.25, 0.3) is 0 Å². The predicted molar refractivity (Wildman–Crippen MR) is 123 cm³/mol. The van der Waals surface area contributed by atoms with Gasteiger partial charge in [-0.05, 0) is 73.1 Å². The fourth-order valence-electron chi connectivity index (χ4n) is 5.16. The molecule has 1 N–H and O–H groups in total. The van der Waals surface area contributed by atoms with E-state index in [1.54, 1.807) is 12.1 Å². The van der Waals surface area contributed by atoms with Gasteiger partial charge in [-0.25, -0.2) is 9.78 Å². The molecule has 2 atom stereocenters. The minimum atomic E-state index is -4.75. The van der Waals surface area contributed by atoms with Gasteiger partial charge in [0.1, 0.15) is 5.75 Å². The summed E-state index contributed by atoms with van der Waals surface area (Å²) in [6.45, 7) is 6.77. The number of hydrogen-bond acceptors (Lipinski definition) is 5. The van der Waals surface area contributed by atoms with Crippen LogP contribution in [-0.2, 0) is 4.74 Å². The van der Waals surface area contributed by atoms with E-state index in [9.17, 15) is 18.0 Å². The summed E-state index contributed by atoms with van der Waals surface area (Å²) in [7, 11) is 1.33. The molecule has 1 aliphatic rings. The highest BCUT2D eigenvalue weighted by atomic mass is 19.4. The third-order valence-electron chi connectivity index (χ3n) is 6.18. The van der Waals surface area contributed by atoms with Gasteiger partial charge in [-0.1, -0.05) is 20.8 Å². The number of fused-ring (bicyclic) bond motifs is 1. The Labute approximate surface area is 196 Å². The van der Waals surface area contributed by atoms with Crippen LogP contribution in [0.3, 0.4) is 0 Å². The lowest BCUT2D eigenvalue weighted by Crippen LogP contribution is -2.29. The van der Waals surface area contributed by atoms with E-state index in [0.29, 0.717) is 28.6 Å². The quantitative estimate of drug-likeness (QED) is 0.409. The number of rotatable bonds is 5. The van der Waals surface area contributed by atoms with Crippen LogP contribution in [0.1, 0.15) is 56.4 Å². The summed E-state index contributed by atoms with van der Waals surface area (Å²) >= 11 is 0. The largest absolute Gasteiger partial charge is 0.573 e. The molecule has 1 fully saturated rings. The third kappa shape index (κ3) is 5.29. The van der Waals surface area contributed by atoms with Crippen molar-refractivity contribution in [1.29, 1.82) is 0 Å². The van der Waals surface area contributed by atoms with Crippen LogP contribution in [0.15, 0.2) is 42.5 Å². The van der Waals surface area contributed by atoms with E-state index >= 15 is 0 Å². The number of alkyl halides is 3. The summed E-state index contributed by atoms with van der Waals surface area (Å²) in [5.41, 5.74) is 2.64. The summed E-state index contributed by atoms with van der Waals surface area (Å²) in [6, 6.07) is 11.0. The number of nitrogens with one attached hydrogen (secondary N) is 1. The number of ether oxygens (including phenoxy) is 2. The molecule has 0 radical (unpaired) electrons. The Morgan fingerprint density at radius 2 is 1.85 bits per heavy atom. The van der Waals surface area contributed by atoms with Gasteiger partial charge >= 0.3 is 12.3 Å². The number of benzene rings is 2. The van der Waals surface area contributed by atoms with Crippen molar-refractivity contribution < 1.29 is 27.4 Å². The molecule has 0 amide bonds. The van der Waals surface area contributed by atoms with Crippen molar-refractivity contribution in [3.63, 3.8) is 0 Å². The Hall–Kier alpha value is -3.23. The van der Waals surface area contributed by atoms with Crippen molar-refractivity contribution in [1.82, 2.24) is 9.55 Å². The Bertz CT molecular complexity index is 1190. The first-order valence-corrected chi connectivity index (χ1v) is 11.2. The van der Waals surface area contributed by atoms with Crippen molar-refractivity contribution in [2.24, 2.45) is 11.3 Å². The fraction of sp³-hybridized carbons (Fsp3) is 0.440. The molecule has 4 rings (SSSR count). The smallest absolute Gasteiger partial charge is 0.465 e. The minimum absolute atomic E-state index is 0.152. The monoisotopic (exact) mass is 475 g/mol. The molecule has 182 valence electrons. The second-order valence-electron chi connectivity index (χ2n) is 9.76. The van der Waals surface area contributed by atoms with Gasteiger partial charge < -0.3 is 19.4 Å². The zero-order valence-electron chi connectivity index (χ0n) is 19.6. The maximum absolute atomic E-state index is 12.5. The molecule has 9 heteroatoms. The number of carbonyl (C=O) groups is 1. The van der Waals surface area contributed by atoms with E-state index in [2.05, 4.69) is 35.4 Å². The molecule has 0 spiro atoms. The molecule has 1 aliphatic carbocycles. The molecule has 1 heterocycles. The number of hydrogen-bond donors (Lipinski definition) is 1. The summed E-state index contributed by atoms with van der Waals surface area (Å²) in [5.74, 6) is 0.347. The number of esters is 1. The lowest BCUT2D eigenvalue weighted by Gasteiger charge is -2.40. The van der Waals surface area contributed by atoms with Crippen LogP contribution in [0, 0.1) is 11.3 Å². The van der Waals surface area contributed by atoms with E-state index in [0.717, 1.165) is 24.8 Å². The summed E-state index contributed by atoms with van der Waals surface area (Å²) < 4.78 is 48.4. The molecule has 2 aromatic carbocycles. The highest BCUT2D eigenvalue weighted by Crippen LogP contribution is 2.46. The maximum Gasteiger partial charge on any atom is 0.573 e. The Kier molecular flexibility index (Phi) is 6.22. The van der Waals surface area contributed by atoms with Crippen LogP contribution in [0.25, 0.3) is 11.0 Å². The van der Waals surface area contributed by atoms with E-state index < -0.39 is 12.3 Å². The molecule has 1 aromatic heterocycles. The first-order chi connectivity index (χ1) is 15.9. The maximum atomic E-state index is 12.5. The standard InChI is InChI=1S/C25H28F3N3O3/c1-15-11-18(14-24(2,3)13-15)31-21-10-5-16(22(32)33-4)12-20(21)30-23(31)29-17-6-8-19(9-7-17)34-25(26,27)28/h5-10,12,15,18H,11,13-14H2,1-4H3,(H,29,30)/t15-,18-/m0/s1. The SMILES string of the molecule is COC(=O)c1ccc2c(c1)nc(Nc1ccc(OC(F)(F)F)cc1)n2[C@H]1C[C@H](C)CC(C)(C)C1. The van der Waals surface area contributed by atoms with Crippen LogP contribution in [0.5, 0.6) is 5.75 Å². The first-order valence-electron chi connectivity index (χ1n) is 11.2. The molecular formula is C25H28F3N3O3. The zero-order chi connectivity index (χ0) is 24.7. The molecule has 1 saturated carbocycles. The lowest BCUT2D eigenvalue weighted by atomic mass is 9.70. The van der Waals surface area contributed by atoms with Crippen LogP contribution >= 0.6 is 0 Å². The summed E-state index contributed by atoms with van der Waals surface area (Å²) in [5, 5.41) is 3.25. The number of methoxy groups -OCH3 is 1. The van der Waals surface area contributed by atoms with Crippen molar-refractivity contribution in [3.8, 4) is 5.75 Å². The van der Waals surface area contributed by atoms with Crippen molar-refractivity contribution in [3.05, 3.63) is 48.0 Å². The first kappa shape index (κ1) is 23.9. The predicted octanol–water partition coefficient (Wildman–Crippen LogP) is 6.85. The molecular weight excluding hydrogens is 447 g/mol. The van der Waals surface area contributed by atoms with Crippen molar-refractivity contribution in [2.45, 2.75) is 52.4 Å². The average Bonchev–Trinajstić information content (AvgIpc) is 3.09. The fourth-order valence-corrected chi connectivity index (χ4v) is 5.16. The molecule has 0 saturated heterocycles. The van der Waals surface area contributed by atoms with Crippen LogP contribution in [-0.4, -0.2) is 29.0 Å². The van der Waals surface area contributed by atoms with Crippen LogP contribution < -0.4 is 10.1 Å². The van der Waals surface area contributed by atoms with Gasteiger partial charge in [-0.15, -0.1) is 13.2 Å². The second-order valence-corrected chi connectivity index (χ2v) is 9.76. The van der Waals surface area contributed by atoms with Gasteiger partial charge in [-0.3, -0.25) is 0 Å². The van der Waals surface area contributed by atoms with Crippen LogP contribution in [0.2, 0.25) is 0 Å². The number of nitrogens with zero attached hydrogens (tertiary/aromatic N) is 2. The number of carbonyl (C=O) groups excluding carboxylic acids is 1. The minimum Gasteiger partial charge on any atom is -0.465 e. The third-order valence-corrected chi connectivity index (χ3v) is 6.18. The van der Waals surface area contributed by atoms with Crippen LogP contribution in [0.4, 0.5) is 24.8 Å². The lowest BCUT2D eigenvalue weighted by molar-refractivity contribution is -0.274. The Morgan fingerprint density at radius 1 is 1.15 bits per heavy atom. The van der Waals surface area contributed by atoms with E-state index in [1.165, 1.54) is 31.4 Å². The molecule has 0 aliphatic heterocycles. The average molecular weight is 476 g/mol. The summed E-state index contributed by atoms with van der Waals surface area (Å²) in [4.78, 5) is 16.8. The molecule has 0 bridgehead atoms. The Balaban J connectivity index is 1.73. The van der Waals surface area contributed by atoms with Gasteiger partial charge in [-0.2, -0.15) is 0 Å². The van der Waals surface area contributed by atoms with Gasteiger partial charge in [0.2, 0.25) is 5.95 Å². The zero-order valence-corrected chi connectivity index (χ0v) is 19.6. The molecule has 6 nitrogen and oxygen atoms in total. The molecule has 3 aromatic rings. The van der Waals surface area contributed by atoms with Crippen molar-refractivity contribution >= 4 is 28.6 Å². The van der Waals surface area contributed by atoms with E-state index in [4.69, 9.17) is 9.72 Å². The highest BCUT2D eigenvalue weighted by molar-refractivity contribution is 5.94. The number of aromatic nitrogens is 2. The van der Waals surface area contributed by atoms with Gasteiger partial charge in [0.05, 0.1) is 23.7 Å². The topological polar surface area (TPSA) is 65.4 Å². The van der Waals surface area contributed by atoms with Gasteiger partial charge in [0.15, 0.2) is 0 Å². The normalized spacial score (nSPS) is 20.2. The molecule has 0 unspecified atom stereocenters. The highest BCUT2D eigenvalue weighted by Gasteiger charge is 2.35. The summed E-state index contributed by atoms with van der Waals surface area (Å²) in [6.07, 6.45) is -1.69. The van der Waals surface area contributed by atoms with E-state index in [-0.39, 0.29) is 17.2 Å². The second kappa shape index (κ2) is 8.85. The van der Waals surface area contributed by atoms with E-state index in [1.807, 2.05) is 6.07 Å².